The fraction of sp³-hybridized carbons (Fsp3) is 0.0952. The Balaban J connectivity index is 1.43. The lowest BCUT2D eigenvalue weighted by Crippen LogP contribution is -2.26. The number of nitrogens with two attached hydrogens (primary N) is 1. The Kier molecular flexibility index (Phi) is 5.08. The second-order valence-electron chi connectivity index (χ2n) is 6.64. The average Bonchev–Trinajstić information content (AvgIpc) is 3.45. The first-order valence-corrected chi connectivity index (χ1v) is 9.17. The summed E-state index contributed by atoms with van der Waals surface area (Å²) in [6, 6.07) is 18.1. The Bertz CT molecular complexity index is 1180. The summed E-state index contributed by atoms with van der Waals surface area (Å²) in [6.07, 6.45) is 1.46. The van der Waals surface area contributed by atoms with Gasteiger partial charge in [-0.15, -0.1) is 5.10 Å². The third kappa shape index (κ3) is 3.95. The predicted molar refractivity (Wildman–Crippen MR) is 108 cm³/mol. The maximum absolute atomic E-state index is 12.5. The molecular weight excluding hydrogens is 384 g/mol. The van der Waals surface area contributed by atoms with Crippen LogP contribution in [0.15, 0.2) is 71.4 Å². The first-order chi connectivity index (χ1) is 14.5. The van der Waals surface area contributed by atoms with Crippen molar-refractivity contribution in [3.63, 3.8) is 0 Å². The van der Waals surface area contributed by atoms with Crippen LogP contribution in [0.2, 0.25) is 0 Å². The lowest BCUT2D eigenvalue weighted by atomic mass is 10.1. The van der Waals surface area contributed by atoms with Crippen LogP contribution in [0.25, 0.3) is 17.0 Å². The number of carbonyl (C=O) groups is 2. The van der Waals surface area contributed by atoms with E-state index in [0.29, 0.717) is 11.4 Å². The number of hydrogen-bond donors (Lipinski definition) is 2. The van der Waals surface area contributed by atoms with E-state index in [4.69, 9.17) is 10.3 Å². The molecule has 0 aliphatic heterocycles. The van der Waals surface area contributed by atoms with Crippen molar-refractivity contribution in [2.24, 2.45) is 5.73 Å². The molecule has 1 atom stereocenters. The number of aromatic nitrogens is 4. The van der Waals surface area contributed by atoms with Gasteiger partial charge in [0.25, 0.3) is 11.8 Å². The van der Waals surface area contributed by atoms with Crippen molar-refractivity contribution in [3.8, 4) is 17.0 Å². The summed E-state index contributed by atoms with van der Waals surface area (Å²) in [5, 5.41) is 14.4. The number of benzene rings is 2. The van der Waals surface area contributed by atoms with Gasteiger partial charge < -0.3 is 15.6 Å². The number of amides is 2. The molecule has 0 unspecified atom stereocenters. The fourth-order valence-electron chi connectivity index (χ4n) is 2.89. The van der Waals surface area contributed by atoms with Crippen molar-refractivity contribution in [3.05, 3.63) is 83.8 Å². The summed E-state index contributed by atoms with van der Waals surface area (Å²) in [6.45, 7) is 1.87. The lowest BCUT2D eigenvalue weighted by molar-refractivity contribution is 0.0929. The molecule has 4 rings (SSSR count). The summed E-state index contributed by atoms with van der Waals surface area (Å²) >= 11 is 0. The summed E-state index contributed by atoms with van der Waals surface area (Å²) in [5.74, 6) is -0.446. The van der Waals surface area contributed by atoms with Crippen LogP contribution in [0.1, 0.15) is 39.5 Å². The molecule has 0 aliphatic carbocycles. The zero-order valence-electron chi connectivity index (χ0n) is 16.0. The second-order valence-corrected chi connectivity index (χ2v) is 6.64. The van der Waals surface area contributed by atoms with Gasteiger partial charge in [0.1, 0.15) is 0 Å². The number of hydrogen-bond acceptors (Lipinski definition) is 6. The van der Waals surface area contributed by atoms with Crippen LogP contribution in [0, 0.1) is 0 Å². The molecule has 150 valence electrons. The van der Waals surface area contributed by atoms with Crippen LogP contribution >= 0.6 is 0 Å². The standard InChI is InChI=1S/C21H18N6O3/c1-13(14-7-9-16(10-8-14)27-12-18(20(22)28)24-26-27)23-21(29)17-11-19(30-25-17)15-5-3-2-4-6-15/h2-13H,1H3,(H2,22,28)(H,23,29)/t13-/m1/s1. The zero-order valence-corrected chi connectivity index (χ0v) is 16.0. The summed E-state index contributed by atoms with van der Waals surface area (Å²) in [4.78, 5) is 23.7. The molecule has 0 saturated heterocycles. The molecule has 0 radical (unpaired) electrons. The van der Waals surface area contributed by atoms with E-state index in [0.717, 1.165) is 11.1 Å². The van der Waals surface area contributed by atoms with Crippen LogP contribution in [0.3, 0.4) is 0 Å². The van der Waals surface area contributed by atoms with Gasteiger partial charge in [-0.25, -0.2) is 4.68 Å². The van der Waals surface area contributed by atoms with E-state index in [1.54, 1.807) is 18.2 Å². The maximum Gasteiger partial charge on any atom is 0.273 e. The maximum atomic E-state index is 12.5. The van der Waals surface area contributed by atoms with E-state index in [9.17, 15) is 9.59 Å². The van der Waals surface area contributed by atoms with Crippen molar-refractivity contribution < 1.29 is 14.1 Å². The molecule has 3 N–H and O–H groups in total. The monoisotopic (exact) mass is 402 g/mol. The molecule has 0 fully saturated rings. The van der Waals surface area contributed by atoms with Gasteiger partial charge in [-0.2, -0.15) is 0 Å². The number of nitrogens with zero attached hydrogens (tertiary/aromatic N) is 4. The zero-order chi connectivity index (χ0) is 21.1. The largest absolute Gasteiger partial charge is 0.364 e. The minimum absolute atomic E-state index is 0.0854. The van der Waals surface area contributed by atoms with Gasteiger partial charge in [0.15, 0.2) is 17.1 Å². The molecular formula is C21H18N6O3. The van der Waals surface area contributed by atoms with Crippen LogP contribution in [0.5, 0.6) is 0 Å². The van der Waals surface area contributed by atoms with Crippen LogP contribution in [-0.4, -0.2) is 32.0 Å². The van der Waals surface area contributed by atoms with Crippen molar-refractivity contribution in [1.29, 1.82) is 0 Å². The highest BCUT2D eigenvalue weighted by atomic mass is 16.5. The van der Waals surface area contributed by atoms with Crippen molar-refractivity contribution in [2.75, 3.05) is 0 Å². The number of primary amides is 1. The first kappa shape index (κ1) is 19.1. The van der Waals surface area contributed by atoms with Gasteiger partial charge >= 0.3 is 0 Å². The lowest BCUT2D eigenvalue weighted by Gasteiger charge is -2.13. The van der Waals surface area contributed by atoms with E-state index in [1.807, 2.05) is 49.4 Å². The number of carbonyl (C=O) groups excluding carboxylic acids is 2. The average molecular weight is 402 g/mol. The van der Waals surface area contributed by atoms with Crippen LogP contribution in [0.4, 0.5) is 0 Å². The van der Waals surface area contributed by atoms with E-state index >= 15 is 0 Å². The first-order valence-electron chi connectivity index (χ1n) is 9.17. The van der Waals surface area contributed by atoms with E-state index in [-0.39, 0.29) is 23.3 Å². The highest BCUT2D eigenvalue weighted by Crippen LogP contribution is 2.21. The summed E-state index contributed by atoms with van der Waals surface area (Å²) < 4.78 is 6.74. The molecule has 0 spiro atoms. The molecule has 0 saturated carbocycles. The molecule has 2 amide bonds. The highest BCUT2D eigenvalue weighted by Gasteiger charge is 2.17. The van der Waals surface area contributed by atoms with E-state index in [2.05, 4.69) is 20.8 Å². The number of rotatable bonds is 6. The van der Waals surface area contributed by atoms with Crippen molar-refractivity contribution >= 4 is 11.8 Å². The quantitative estimate of drug-likeness (QED) is 0.510. The van der Waals surface area contributed by atoms with Crippen molar-refractivity contribution in [1.82, 2.24) is 25.5 Å². The molecule has 2 aromatic heterocycles. The third-order valence-electron chi connectivity index (χ3n) is 4.55. The SMILES string of the molecule is C[C@@H](NC(=O)c1cc(-c2ccccc2)on1)c1ccc(-n2cc(C(N)=O)nn2)cc1. The van der Waals surface area contributed by atoms with Gasteiger partial charge in [0.2, 0.25) is 0 Å². The Morgan fingerprint density at radius 3 is 2.47 bits per heavy atom. The summed E-state index contributed by atoms with van der Waals surface area (Å²) in [7, 11) is 0. The van der Waals surface area contributed by atoms with Crippen LogP contribution < -0.4 is 11.1 Å². The molecule has 9 heteroatoms. The second kappa shape index (κ2) is 8.00. The Morgan fingerprint density at radius 2 is 1.80 bits per heavy atom. The van der Waals surface area contributed by atoms with Gasteiger partial charge in [-0.1, -0.05) is 52.8 Å². The Morgan fingerprint density at radius 1 is 1.07 bits per heavy atom. The minimum atomic E-state index is -0.641. The van der Waals surface area contributed by atoms with Gasteiger partial charge in [0.05, 0.1) is 17.9 Å². The van der Waals surface area contributed by atoms with Gasteiger partial charge in [-0.05, 0) is 24.6 Å². The summed E-state index contributed by atoms with van der Waals surface area (Å²) in [5.41, 5.74) is 7.92. The molecule has 4 aromatic rings. The van der Waals surface area contributed by atoms with Gasteiger partial charge in [-0.3, -0.25) is 9.59 Å². The smallest absolute Gasteiger partial charge is 0.273 e. The van der Waals surface area contributed by atoms with E-state index in [1.165, 1.54) is 10.9 Å². The molecule has 0 bridgehead atoms. The molecule has 30 heavy (non-hydrogen) atoms. The topological polar surface area (TPSA) is 129 Å². The molecule has 9 nitrogen and oxygen atoms in total. The third-order valence-corrected chi connectivity index (χ3v) is 4.55. The number of nitrogens with one attached hydrogen (secondary N) is 1. The Hall–Kier alpha value is -4.27. The highest BCUT2D eigenvalue weighted by molar-refractivity contribution is 5.93. The molecule has 2 heterocycles. The molecule has 0 aliphatic rings. The fourth-order valence-corrected chi connectivity index (χ4v) is 2.89. The van der Waals surface area contributed by atoms with E-state index < -0.39 is 5.91 Å². The van der Waals surface area contributed by atoms with Crippen molar-refractivity contribution in [2.45, 2.75) is 13.0 Å². The van der Waals surface area contributed by atoms with Crippen LogP contribution in [-0.2, 0) is 0 Å². The molecule has 2 aromatic carbocycles. The predicted octanol–water partition coefficient (Wildman–Crippen LogP) is 2.51. The normalized spacial score (nSPS) is 11.8. The van der Waals surface area contributed by atoms with Gasteiger partial charge in [0, 0.05) is 11.6 Å². The Labute approximate surface area is 171 Å². The minimum Gasteiger partial charge on any atom is -0.364 e.